The number of hydrogen-bond acceptors (Lipinski definition) is 4. The number of methoxy groups -OCH3 is 2. The molecule has 1 atom stereocenters. The zero-order valence-electron chi connectivity index (χ0n) is 13.1. The molecule has 3 nitrogen and oxygen atoms in total. The summed E-state index contributed by atoms with van der Waals surface area (Å²) in [5, 5.41) is 10.6. The van der Waals surface area contributed by atoms with Crippen LogP contribution in [0.1, 0.15) is 42.2 Å². The average molecular weight is 306 g/mol. The van der Waals surface area contributed by atoms with Crippen molar-refractivity contribution in [3.05, 3.63) is 45.6 Å². The van der Waals surface area contributed by atoms with Crippen LogP contribution in [0.25, 0.3) is 0 Å². The molecule has 1 unspecified atom stereocenters. The molecule has 2 rings (SSSR count). The molecule has 0 amide bonds. The van der Waals surface area contributed by atoms with Crippen LogP contribution in [0.3, 0.4) is 0 Å². The number of ether oxygens (including phenoxy) is 2. The summed E-state index contributed by atoms with van der Waals surface area (Å²) in [6, 6.07) is 9.58. The highest BCUT2D eigenvalue weighted by Crippen LogP contribution is 2.37. The van der Waals surface area contributed by atoms with Crippen molar-refractivity contribution in [3.8, 4) is 11.5 Å². The third-order valence-electron chi connectivity index (χ3n) is 3.36. The Bertz CT molecular complexity index is 611. The molecule has 1 aromatic carbocycles. The van der Waals surface area contributed by atoms with Crippen molar-refractivity contribution in [2.75, 3.05) is 14.2 Å². The molecule has 0 radical (unpaired) electrons. The van der Waals surface area contributed by atoms with Crippen LogP contribution in [-0.2, 0) is 5.41 Å². The Hall–Kier alpha value is -1.52. The lowest BCUT2D eigenvalue weighted by atomic mass is 9.95. The van der Waals surface area contributed by atoms with Gasteiger partial charge in [0.05, 0.1) is 14.2 Å². The van der Waals surface area contributed by atoms with E-state index >= 15 is 0 Å². The van der Waals surface area contributed by atoms with Gasteiger partial charge in [0.2, 0.25) is 0 Å². The van der Waals surface area contributed by atoms with Crippen molar-refractivity contribution < 1.29 is 14.6 Å². The van der Waals surface area contributed by atoms with Crippen LogP contribution >= 0.6 is 11.3 Å². The van der Waals surface area contributed by atoms with E-state index in [4.69, 9.17) is 9.47 Å². The molecule has 0 saturated heterocycles. The Labute approximate surface area is 130 Å². The van der Waals surface area contributed by atoms with E-state index in [1.807, 2.05) is 24.3 Å². The van der Waals surface area contributed by atoms with Crippen molar-refractivity contribution in [1.82, 2.24) is 0 Å². The lowest BCUT2D eigenvalue weighted by Crippen LogP contribution is -2.07. The van der Waals surface area contributed by atoms with Crippen molar-refractivity contribution in [2.45, 2.75) is 32.3 Å². The SMILES string of the molecule is COc1ccc(C(O)c2ccc(C(C)(C)C)s2)cc1OC. The maximum atomic E-state index is 10.6. The smallest absolute Gasteiger partial charge is 0.161 e. The second-order valence-electron chi connectivity index (χ2n) is 5.97. The summed E-state index contributed by atoms with van der Waals surface area (Å²) in [7, 11) is 3.19. The topological polar surface area (TPSA) is 38.7 Å². The Balaban J connectivity index is 2.31. The molecule has 0 fully saturated rings. The quantitative estimate of drug-likeness (QED) is 0.922. The minimum Gasteiger partial charge on any atom is -0.493 e. The van der Waals surface area contributed by atoms with Gasteiger partial charge in [0, 0.05) is 9.75 Å². The summed E-state index contributed by atoms with van der Waals surface area (Å²) in [5.74, 6) is 1.29. The fourth-order valence-electron chi connectivity index (χ4n) is 2.09. The molecule has 0 aliphatic carbocycles. The van der Waals surface area contributed by atoms with Crippen LogP contribution in [0.15, 0.2) is 30.3 Å². The molecule has 0 aliphatic heterocycles. The molecule has 2 aromatic rings. The predicted molar refractivity (Wildman–Crippen MR) is 86.6 cm³/mol. The number of aliphatic hydroxyl groups is 1. The number of thiophene rings is 1. The number of aliphatic hydroxyl groups excluding tert-OH is 1. The van der Waals surface area contributed by atoms with E-state index in [1.54, 1.807) is 25.6 Å². The van der Waals surface area contributed by atoms with Crippen molar-refractivity contribution in [1.29, 1.82) is 0 Å². The van der Waals surface area contributed by atoms with Gasteiger partial charge in [0.1, 0.15) is 6.10 Å². The van der Waals surface area contributed by atoms with Crippen LogP contribution in [-0.4, -0.2) is 19.3 Å². The minimum atomic E-state index is -0.647. The second-order valence-corrected chi connectivity index (χ2v) is 7.08. The van der Waals surface area contributed by atoms with Crippen LogP contribution in [0, 0.1) is 0 Å². The third kappa shape index (κ3) is 3.39. The zero-order chi connectivity index (χ0) is 15.6. The maximum Gasteiger partial charge on any atom is 0.161 e. The highest BCUT2D eigenvalue weighted by Gasteiger charge is 2.20. The monoisotopic (exact) mass is 306 g/mol. The van der Waals surface area contributed by atoms with Gasteiger partial charge in [0.25, 0.3) is 0 Å². The second kappa shape index (κ2) is 6.08. The maximum absolute atomic E-state index is 10.6. The number of benzene rings is 1. The molecule has 114 valence electrons. The fraction of sp³-hybridized carbons (Fsp3) is 0.412. The molecule has 21 heavy (non-hydrogen) atoms. The van der Waals surface area contributed by atoms with Gasteiger partial charge in [-0.05, 0) is 35.2 Å². The molecule has 0 spiro atoms. The van der Waals surface area contributed by atoms with E-state index in [1.165, 1.54) is 4.88 Å². The Morgan fingerprint density at radius 1 is 1.00 bits per heavy atom. The molecule has 0 aliphatic rings. The lowest BCUT2D eigenvalue weighted by Gasteiger charge is -2.16. The van der Waals surface area contributed by atoms with Gasteiger partial charge in [0.15, 0.2) is 11.5 Å². The van der Waals surface area contributed by atoms with E-state index in [2.05, 4.69) is 26.8 Å². The van der Waals surface area contributed by atoms with E-state index in [0.29, 0.717) is 11.5 Å². The van der Waals surface area contributed by atoms with E-state index in [0.717, 1.165) is 10.4 Å². The first kappa shape index (κ1) is 15.9. The zero-order valence-corrected chi connectivity index (χ0v) is 14.0. The summed E-state index contributed by atoms with van der Waals surface area (Å²) < 4.78 is 10.5. The third-order valence-corrected chi connectivity index (χ3v) is 4.92. The molecule has 4 heteroatoms. The van der Waals surface area contributed by atoms with Gasteiger partial charge in [-0.25, -0.2) is 0 Å². The summed E-state index contributed by atoms with van der Waals surface area (Å²) >= 11 is 1.64. The van der Waals surface area contributed by atoms with Gasteiger partial charge >= 0.3 is 0 Å². The minimum absolute atomic E-state index is 0.0975. The van der Waals surface area contributed by atoms with Crippen LogP contribution in [0.5, 0.6) is 11.5 Å². The highest BCUT2D eigenvalue weighted by molar-refractivity contribution is 7.12. The molecule has 0 bridgehead atoms. The Morgan fingerprint density at radius 3 is 2.19 bits per heavy atom. The first-order valence-electron chi connectivity index (χ1n) is 6.87. The normalized spacial score (nSPS) is 13.0. The number of rotatable bonds is 4. The van der Waals surface area contributed by atoms with Gasteiger partial charge in [-0.1, -0.05) is 26.8 Å². The standard InChI is InChI=1S/C17H22O3S/c1-17(2,3)15-9-8-14(21-15)16(18)11-6-7-12(19-4)13(10-11)20-5/h6-10,16,18H,1-5H3. The summed E-state index contributed by atoms with van der Waals surface area (Å²) in [6.07, 6.45) is -0.647. The molecular formula is C17H22O3S. The van der Waals surface area contributed by atoms with E-state index < -0.39 is 6.10 Å². The Morgan fingerprint density at radius 2 is 1.67 bits per heavy atom. The lowest BCUT2D eigenvalue weighted by molar-refractivity contribution is 0.223. The number of hydrogen-bond donors (Lipinski definition) is 1. The van der Waals surface area contributed by atoms with Crippen molar-refractivity contribution in [3.63, 3.8) is 0 Å². The predicted octanol–water partition coefficient (Wildman–Crippen LogP) is 4.14. The Kier molecular flexibility index (Phi) is 4.59. The largest absolute Gasteiger partial charge is 0.493 e. The van der Waals surface area contributed by atoms with Gasteiger partial charge in [-0.15, -0.1) is 11.3 Å². The summed E-state index contributed by atoms with van der Waals surface area (Å²) in [6.45, 7) is 6.52. The molecule has 1 N–H and O–H groups in total. The highest BCUT2D eigenvalue weighted by atomic mass is 32.1. The van der Waals surface area contributed by atoms with Gasteiger partial charge in [-0.3, -0.25) is 0 Å². The van der Waals surface area contributed by atoms with Crippen molar-refractivity contribution >= 4 is 11.3 Å². The van der Waals surface area contributed by atoms with Gasteiger partial charge < -0.3 is 14.6 Å². The molecule has 1 heterocycles. The fourth-order valence-corrected chi connectivity index (χ4v) is 3.17. The molecular weight excluding hydrogens is 284 g/mol. The summed E-state index contributed by atoms with van der Waals surface area (Å²) in [5.41, 5.74) is 0.898. The van der Waals surface area contributed by atoms with Crippen LogP contribution in [0.2, 0.25) is 0 Å². The molecule has 1 aromatic heterocycles. The molecule has 0 saturated carbocycles. The van der Waals surface area contributed by atoms with Crippen LogP contribution < -0.4 is 9.47 Å². The van der Waals surface area contributed by atoms with E-state index in [9.17, 15) is 5.11 Å². The average Bonchev–Trinajstić information content (AvgIpc) is 2.95. The van der Waals surface area contributed by atoms with Crippen molar-refractivity contribution in [2.24, 2.45) is 0 Å². The summed E-state index contributed by atoms with van der Waals surface area (Å²) in [4.78, 5) is 2.20. The van der Waals surface area contributed by atoms with Crippen LogP contribution in [0.4, 0.5) is 0 Å². The van der Waals surface area contributed by atoms with E-state index in [-0.39, 0.29) is 5.41 Å². The first-order chi connectivity index (χ1) is 9.86. The first-order valence-corrected chi connectivity index (χ1v) is 7.68. The van der Waals surface area contributed by atoms with Gasteiger partial charge in [-0.2, -0.15) is 0 Å².